The van der Waals surface area contributed by atoms with Crippen LogP contribution in [0.3, 0.4) is 0 Å². The summed E-state index contributed by atoms with van der Waals surface area (Å²) in [5.74, 6) is -0.215. The highest BCUT2D eigenvalue weighted by molar-refractivity contribution is 7.91. The van der Waals surface area contributed by atoms with E-state index in [9.17, 15) is 13.2 Å². The molecule has 1 aromatic heterocycles. The monoisotopic (exact) mass is 365 g/mol. The molecule has 2 heterocycles. The first-order chi connectivity index (χ1) is 11.4. The lowest BCUT2D eigenvalue weighted by Gasteiger charge is -2.12. The minimum atomic E-state index is -3.03. The number of benzene rings is 1. The van der Waals surface area contributed by atoms with Gasteiger partial charge >= 0.3 is 0 Å². The van der Waals surface area contributed by atoms with Gasteiger partial charge in [-0.1, -0.05) is 11.6 Å². The molecule has 2 aromatic rings. The van der Waals surface area contributed by atoms with E-state index in [0.717, 1.165) is 5.69 Å². The van der Waals surface area contributed by atoms with Crippen LogP contribution in [0, 0.1) is 0 Å². The van der Waals surface area contributed by atoms with Gasteiger partial charge in [-0.3, -0.25) is 9.78 Å². The molecule has 1 unspecified atom stereocenters. The lowest BCUT2D eigenvalue weighted by atomic mass is 10.2. The van der Waals surface area contributed by atoms with Crippen molar-refractivity contribution in [3.63, 3.8) is 0 Å². The van der Waals surface area contributed by atoms with Crippen LogP contribution in [0.2, 0.25) is 5.02 Å². The summed E-state index contributed by atoms with van der Waals surface area (Å²) < 4.78 is 22.9. The van der Waals surface area contributed by atoms with Crippen LogP contribution in [0.15, 0.2) is 42.7 Å². The number of hydrogen-bond donors (Lipinski definition) is 2. The second kappa shape index (κ2) is 6.78. The van der Waals surface area contributed by atoms with Crippen molar-refractivity contribution >= 4 is 38.7 Å². The summed E-state index contributed by atoms with van der Waals surface area (Å²) in [5.41, 5.74) is 1.85. The van der Waals surface area contributed by atoms with Crippen molar-refractivity contribution in [3.8, 4) is 0 Å². The molecule has 0 aliphatic carbocycles. The van der Waals surface area contributed by atoms with Crippen molar-refractivity contribution < 1.29 is 13.2 Å². The summed E-state index contributed by atoms with van der Waals surface area (Å²) in [6.07, 6.45) is 3.50. The van der Waals surface area contributed by atoms with Crippen LogP contribution in [0.4, 0.5) is 11.4 Å². The fourth-order valence-electron chi connectivity index (χ4n) is 2.51. The standard InChI is InChI=1S/C16H16ClN3O3S/c17-12-1-3-13(4-2-12)19-15-7-11(8-18-9-15)16(21)20-14-5-6-24(22,23)10-14/h1-4,7-9,14,19H,5-6,10H2,(H,20,21). The summed E-state index contributed by atoms with van der Waals surface area (Å²) in [5, 5.41) is 6.52. The Morgan fingerprint density at radius 1 is 1.17 bits per heavy atom. The number of nitrogens with zero attached hydrogens (tertiary/aromatic N) is 1. The molecule has 0 saturated carbocycles. The number of amides is 1. The van der Waals surface area contributed by atoms with E-state index < -0.39 is 9.84 Å². The van der Waals surface area contributed by atoms with Crippen LogP contribution in [0.5, 0.6) is 0 Å². The molecule has 1 saturated heterocycles. The fourth-order valence-corrected chi connectivity index (χ4v) is 4.31. The molecule has 2 N–H and O–H groups in total. The van der Waals surface area contributed by atoms with E-state index in [-0.39, 0.29) is 23.5 Å². The largest absolute Gasteiger partial charge is 0.354 e. The highest BCUT2D eigenvalue weighted by Crippen LogP contribution is 2.19. The Balaban J connectivity index is 1.68. The summed E-state index contributed by atoms with van der Waals surface area (Å²) >= 11 is 5.85. The highest BCUT2D eigenvalue weighted by Gasteiger charge is 2.29. The quantitative estimate of drug-likeness (QED) is 0.868. The second-order valence-electron chi connectivity index (χ2n) is 5.67. The van der Waals surface area contributed by atoms with Gasteiger partial charge in [-0.2, -0.15) is 0 Å². The average Bonchev–Trinajstić information content (AvgIpc) is 2.88. The Morgan fingerprint density at radius 2 is 1.92 bits per heavy atom. The van der Waals surface area contributed by atoms with Gasteiger partial charge in [-0.25, -0.2) is 8.42 Å². The minimum absolute atomic E-state index is 0.00508. The molecule has 1 amide bonds. The van der Waals surface area contributed by atoms with Crippen molar-refractivity contribution in [2.45, 2.75) is 12.5 Å². The maximum Gasteiger partial charge on any atom is 0.253 e. The summed E-state index contributed by atoms with van der Waals surface area (Å²) in [4.78, 5) is 16.3. The zero-order valence-electron chi connectivity index (χ0n) is 12.7. The SMILES string of the molecule is O=C(NC1CCS(=O)(=O)C1)c1cncc(Nc2ccc(Cl)cc2)c1. The smallest absolute Gasteiger partial charge is 0.253 e. The molecule has 1 aromatic carbocycles. The third-order valence-corrected chi connectivity index (χ3v) is 5.72. The predicted molar refractivity (Wildman–Crippen MR) is 93.5 cm³/mol. The number of aromatic nitrogens is 1. The normalized spacial score (nSPS) is 19.0. The first kappa shape index (κ1) is 16.7. The molecule has 6 nitrogen and oxygen atoms in total. The topological polar surface area (TPSA) is 88.2 Å². The average molecular weight is 366 g/mol. The van der Waals surface area contributed by atoms with E-state index in [4.69, 9.17) is 11.6 Å². The Bertz CT molecular complexity index is 853. The van der Waals surface area contributed by atoms with Crippen molar-refractivity contribution in [3.05, 3.63) is 53.3 Å². The number of rotatable bonds is 4. The molecule has 1 aliphatic rings. The van der Waals surface area contributed by atoms with E-state index in [1.165, 1.54) is 6.20 Å². The molecule has 0 bridgehead atoms. The first-order valence-corrected chi connectivity index (χ1v) is 9.60. The van der Waals surface area contributed by atoms with Crippen LogP contribution in [0.1, 0.15) is 16.8 Å². The third kappa shape index (κ3) is 4.24. The number of sulfone groups is 1. The molecule has 0 radical (unpaired) electrons. The second-order valence-corrected chi connectivity index (χ2v) is 8.33. The van der Waals surface area contributed by atoms with E-state index in [2.05, 4.69) is 15.6 Å². The summed E-state index contributed by atoms with van der Waals surface area (Å²) in [6.45, 7) is 0. The zero-order chi connectivity index (χ0) is 17.2. The molecule has 1 atom stereocenters. The van der Waals surface area contributed by atoms with E-state index in [0.29, 0.717) is 22.7 Å². The molecule has 3 rings (SSSR count). The summed E-state index contributed by atoms with van der Waals surface area (Å²) in [6, 6.07) is 8.48. The molecule has 126 valence electrons. The van der Waals surface area contributed by atoms with Gasteiger partial charge in [0, 0.05) is 22.9 Å². The maximum atomic E-state index is 12.3. The van der Waals surface area contributed by atoms with Gasteiger partial charge < -0.3 is 10.6 Å². The van der Waals surface area contributed by atoms with Crippen LogP contribution in [0.25, 0.3) is 0 Å². The number of hydrogen-bond acceptors (Lipinski definition) is 5. The Labute approximate surface area is 145 Å². The van der Waals surface area contributed by atoms with Crippen molar-refractivity contribution in [1.29, 1.82) is 0 Å². The predicted octanol–water partition coefficient (Wildman–Crippen LogP) is 2.40. The van der Waals surface area contributed by atoms with Gasteiger partial charge in [0.05, 0.1) is 29.0 Å². The van der Waals surface area contributed by atoms with Gasteiger partial charge in [-0.05, 0) is 36.8 Å². The van der Waals surface area contributed by atoms with E-state index >= 15 is 0 Å². The number of halogens is 1. The molecule has 8 heteroatoms. The number of carbonyl (C=O) groups excluding carboxylic acids is 1. The number of pyridine rings is 1. The first-order valence-electron chi connectivity index (χ1n) is 7.40. The maximum absolute atomic E-state index is 12.3. The van der Waals surface area contributed by atoms with Crippen LogP contribution >= 0.6 is 11.6 Å². The lowest BCUT2D eigenvalue weighted by Crippen LogP contribution is -2.35. The summed E-state index contributed by atoms with van der Waals surface area (Å²) in [7, 11) is -3.03. The van der Waals surface area contributed by atoms with Gasteiger partial charge in [0.1, 0.15) is 0 Å². The Kier molecular flexibility index (Phi) is 4.73. The minimum Gasteiger partial charge on any atom is -0.354 e. The molecule has 1 fully saturated rings. The van der Waals surface area contributed by atoms with Crippen molar-refractivity contribution in [1.82, 2.24) is 10.3 Å². The van der Waals surface area contributed by atoms with Crippen molar-refractivity contribution in [2.75, 3.05) is 16.8 Å². The molecular formula is C16H16ClN3O3S. The van der Waals surface area contributed by atoms with Gasteiger partial charge in [0.2, 0.25) is 0 Å². The molecule has 1 aliphatic heterocycles. The van der Waals surface area contributed by atoms with Crippen LogP contribution in [-0.2, 0) is 9.84 Å². The molecular weight excluding hydrogens is 350 g/mol. The van der Waals surface area contributed by atoms with Crippen LogP contribution in [-0.4, -0.2) is 36.9 Å². The number of nitrogens with one attached hydrogen (secondary N) is 2. The van der Waals surface area contributed by atoms with E-state index in [1.54, 1.807) is 24.4 Å². The third-order valence-electron chi connectivity index (χ3n) is 3.70. The lowest BCUT2D eigenvalue weighted by molar-refractivity contribution is 0.0941. The Hall–Kier alpha value is -2.12. The molecule has 24 heavy (non-hydrogen) atoms. The zero-order valence-corrected chi connectivity index (χ0v) is 14.3. The number of carbonyl (C=O) groups is 1. The molecule has 0 spiro atoms. The fraction of sp³-hybridized carbons (Fsp3) is 0.250. The van der Waals surface area contributed by atoms with Gasteiger partial charge in [0.25, 0.3) is 5.91 Å². The highest BCUT2D eigenvalue weighted by atomic mass is 35.5. The van der Waals surface area contributed by atoms with Crippen molar-refractivity contribution in [2.24, 2.45) is 0 Å². The Morgan fingerprint density at radius 3 is 2.58 bits per heavy atom. The van der Waals surface area contributed by atoms with E-state index in [1.807, 2.05) is 12.1 Å². The van der Waals surface area contributed by atoms with Gasteiger partial charge in [0.15, 0.2) is 9.84 Å². The number of anilines is 2. The van der Waals surface area contributed by atoms with Crippen LogP contribution < -0.4 is 10.6 Å². The van der Waals surface area contributed by atoms with Gasteiger partial charge in [-0.15, -0.1) is 0 Å².